The van der Waals surface area contributed by atoms with Gasteiger partial charge in [-0.25, -0.2) is 4.79 Å². The van der Waals surface area contributed by atoms with Crippen molar-refractivity contribution in [2.24, 2.45) is 0 Å². The summed E-state index contributed by atoms with van der Waals surface area (Å²) in [4.78, 5) is 22.4. The third kappa shape index (κ3) is 3.33. The first kappa shape index (κ1) is 15.8. The SMILES string of the molecule is CC(=O)c1cccc(-c2cc(C(=O)O)cc(C(F)(F)F)c2)c1. The summed E-state index contributed by atoms with van der Waals surface area (Å²) in [7, 11) is 0. The molecular formula is C16H11F3O3. The number of benzene rings is 2. The van der Waals surface area contributed by atoms with Crippen LogP contribution in [0.3, 0.4) is 0 Å². The molecule has 0 spiro atoms. The maximum absolute atomic E-state index is 12.9. The van der Waals surface area contributed by atoms with Gasteiger partial charge in [-0.3, -0.25) is 4.79 Å². The van der Waals surface area contributed by atoms with Gasteiger partial charge in [-0.1, -0.05) is 18.2 Å². The quantitative estimate of drug-likeness (QED) is 0.861. The lowest BCUT2D eigenvalue weighted by Crippen LogP contribution is -2.08. The predicted octanol–water partition coefficient (Wildman–Crippen LogP) is 4.27. The topological polar surface area (TPSA) is 54.4 Å². The van der Waals surface area contributed by atoms with E-state index in [2.05, 4.69) is 0 Å². The van der Waals surface area contributed by atoms with E-state index in [0.717, 1.165) is 12.1 Å². The largest absolute Gasteiger partial charge is 0.478 e. The molecule has 0 heterocycles. The minimum Gasteiger partial charge on any atom is -0.478 e. The molecule has 6 heteroatoms. The third-order valence-corrected chi connectivity index (χ3v) is 3.11. The number of hydrogen-bond acceptors (Lipinski definition) is 2. The Morgan fingerprint density at radius 3 is 2.14 bits per heavy atom. The lowest BCUT2D eigenvalue weighted by atomic mass is 9.97. The van der Waals surface area contributed by atoms with Crippen LogP contribution in [0.15, 0.2) is 42.5 Å². The number of ketones is 1. The number of carboxylic acid groups (broad SMARTS) is 1. The fourth-order valence-corrected chi connectivity index (χ4v) is 2.00. The third-order valence-electron chi connectivity index (χ3n) is 3.11. The molecule has 0 saturated heterocycles. The Morgan fingerprint density at radius 2 is 1.59 bits per heavy atom. The minimum atomic E-state index is -4.65. The zero-order valence-corrected chi connectivity index (χ0v) is 11.4. The first-order chi connectivity index (χ1) is 10.2. The summed E-state index contributed by atoms with van der Waals surface area (Å²) < 4.78 is 38.7. The van der Waals surface area contributed by atoms with Crippen LogP contribution in [0.4, 0.5) is 13.2 Å². The van der Waals surface area contributed by atoms with Crippen molar-refractivity contribution in [2.45, 2.75) is 13.1 Å². The summed E-state index contributed by atoms with van der Waals surface area (Å²) in [6.45, 7) is 1.34. The number of rotatable bonds is 3. The highest BCUT2D eigenvalue weighted by Gasteiger charge is 2.32. The first-order valence-corrected chi connectivity index (χ1v) is 6.25. The molecular weight excluding hydrogens is 297 g/mol. The van der Waals surface area contributed by atoms with Gasteiger partial charge in [-0.15, -0.1) is 0 Å². The minimum absolute atomic E-state index is 0.0929. The molecule has 0 fully saturated rings. The Balaban J connectivity index is 2.64. The van der Waals surface area contributed by atoms with Crippen molar-refractivity contribution >= 4 is 11.8 Å². The normalized spacial score (nSPS) is 11.3. The van der Waals surface area contributed by atoms with Gasteiger partial charge in [0.2, 0.25) is 0 Å². The van der Waals surface area contributed by atoms with Crippen LogP contribution in [0.25, 0.3) is 11.1 Å². The summed E-state index contributed by atoms with van der Waals surface area (Å²) in [5.41, 5.74) is -0.725. The molecule has 3 nitrogen and oxygen atoms in total. The van der Waals surface area contributed by atoms with E-state index in [-0.39, 0.29) is 11.3 Å². The maximum Gasteiger partial charge on any atom is 0.416 e. The van der Waals surface area contributed by atoms with Crippen LogP contribution >= 0.6 is 0 Å². The second-order valence-electron chi connectivity index (χ2n) is 4.74. The van der Waals surface area contributed by atoms with Crippen LogP contribution in [0, 0.1) is 0 Å². The molecule has 2 aromatic rings. The Hall–Kier alpha value is -2.63. The molecule has 0 atom stereocenters. The predicted molar refractivity (Wildman–Crippen MR) is 73.8 cm³/mol. The van der Waals surface area contributed by atoms with Crippen molar-refractivity contribution in [3.05, 3.63) is 59.2 Å². The van der Waals surface area contributed by atoms with E-state index in [4.69, 9.17) is 5.11 Å². The highest BCUT2D eigenvalue weighted by atomic mass is 19.4. The summed E-state index contributed by atoms with van der Waals surface area (Å²) in [5, 5.41) is 8.97. The van der Waals surface area contributed by atoms with E-state index in [0.29, 0.717) is 17.2 Å². The molecule has 0 aromatic heterocycles. The fourth-order valence-electron chi connectivity index (χ4n) is 2.00. The average Bonchev–Trinajstić information content (AvgIpc) is 2.46. The number of carboxylic acids is 1. The van der Waals surface area contributed by atoms with Gasteiger partial charge in [0.05, 0.1) is 11.1 Å². The molecule has 0 aliphatic carbocycles. The van der Waals surface area contributed by atoms with Crippen molar-refractivity contribution in [3.8, 4) is 11.1 Å². The van der Waals surface area contributed by atoms with Crippen LogP contribution in [0.2, 0.25) is 0 Å². The Morgan fingerprint density at radius 1 is 0.955 bits per heavy atom. The molecule has 2 aromatic carbocycles. The molecule has 2 rings (SSSR count). The molecule has 22 heavy (non-hydrogen) atoms. The Bertz CT molecular complexity index is 749. The molecule has 0 amide bonds. The molecule has 0 unspecified atom stereocenters. The molecule has 0 aliphatic rings. The van der Waals surface area contributed by atoms with Gasteiger partial charge in [0, 0.05) is 5.56 Å². The second kappa shape index (κ2) is 5.63. The van der Waals surface area contributed by atoms with E-state index in [9.17, 15) is 22.8 Å². The van der Waals surface area contributed by atoms with Gasteiger partial charge in [0.25, 0.3) is 0 Å². The summed E-state index contributed by atoms with van der Waals surface area (Å²) in [5.74, 6) is -1.68. The second-order valence-corrected chi connectivity index (χ2v) is 4.74. The molecule has 114 valence electrons. The highest BCUT2D eigenvalue weighted by Crippen LogP contribution is 2.33. The van der Waals surface area contributed by atoms with Crippen LogP contribution in [0.5, 0.6) is 0 Å². The van der Waals surface area contributed by atoms with Gasteiger partial charge in [-0.2, -0.15) is 13.2 Å². The Kier molecular flexibility index (Phi) is 4.03. The van der Waals surface area contributed by atoms with E-state index in [1.54, 1.807) is 0 Å². The van der Waals surface area contributed by atoms with E-state index in [1.807, 2.05) is 0 Å². The van der Waals surface area contributed by atoms with Gasteiger partial charge in [-0.05, 0) is 42.3 Å². The van der Waals surface area contributed by atoms with Crippen LogP contribution < -0.4 is 0 Å². The van der Waals surface area contributed by atoms with Gasteiger partial charge < -0.3 is 5.11 Å². The molecule has 0 saturated carbocycles. The number of aromatic carboxylic acids is 1. The van der Waals surface area contributed by atoms with Crippen molar-refractivity contribution in [2.75, 3.05) is 0 Å². The molecule has 0 radical (unpaired) electrons. The van der Waals surface area contributed by atoms with Gasteiger partial charge >= 0.3 is 12.1 Å². The summed E-state index contributed by atoms with van der Waals surface area (Å²) in [6, 6.07) is 8.63. The number of carbonyl (C=O) groups excluding carboxylic acids is 1. The highest BCUT2D eigenvalue weighted by molar-refractivity contribution is 5.95. The standard InChI is InChI=1S/C16H11F3O3/c1-9(20)10-3-2-4-11(5-10)12-6-13(15(21)22)8-14(7-12)16(17,18)19/h2-8H,1H3,(H,21,22). The summed E-state index contributed by atoms with van der Waals surface area (Å²) in [6.07, 6.45) is -4.65. The number of hydrogen-bond donors (Lipinski definition) is 1. The number of Topliss-reactive ketones (excluding diaryl/α,β-unsaturated/α-hetero) is 1. The van der Waals surface area contributed by atoms with Gasteiger partial charge in [0.15, 0.2) is 5.78 Å². The van der Waals surface area contributed by atoms with Gasteiger partial charge in [0.1, 0.15) is 0 Å². The smallest absolute Gasteiger partial charge is 0.416 e. The molecule has 0 aliphatic heterocycles. The summed E-state index contributed by atoms with van der Waals surface area (Å²) >= 11 is 0. The van der Waals surface area contributed by atoms with Crippen LogP contribution in [-0.2, 0) is 6.18 Å². The molecule has 0 bridgehead atoms. The van der Waals surface area contributed by atoms with E-state index < -0.39 is 23.3 Å². The number of alkyl halides is 3. The first-order valence-electron chi connectivity index (χ1n) is 6.25. The van der Waals surface area contributed by atoms with E-state index in [1.165, 1.54) is 31.2 Å². The van der Waals surface area contributed by atoms with E-state index >= 15 is 0 Å². The van der Waals surface area contributed by atoms with Crippen molar-refractivity contribution in [3.63, 3.8) is 0 Å². The maximum atomic E-state index is 12.9. The fraction of sp³-hybridized carbons (Fsp3) is 0.125. The monoisotopic (exact) mass is 308 g/mol. The van der Waals surface area contributed by atoms with Crippen molar-refractivity contribution < 1.29 is 27.9 Å². The zero-order valence-electron chi connectivity index (χ0n) is 11.4. The van der Waals surface area contributed by atoms with Crippen LogP contribution in [-0.4, -0.2) is 16.9 Å². The zero-order chi connectivity index (χ0) is 16.5. The Labute approximate surface area is 124 Å². The number of halogens is 3. The lowest BCUT2D eigenvalue weighted by Gasteiger charge is -2.11. The number of carbonyl (C=O) groups is 2. The van der Waals surface area contributed by atoms with Crippen LogP contribution in [0.1, 0.15) is 33.2 Å². The molecule has 1 N–H and O–H groups in total. The van der Waals surface area contributed by atoms with Crippen molar-refractivity contribution in [1.29, 1.82) is 0 Å². The average molecular weight is 308 g/mol. The lowest BCUT2D eigenvalue weighted by molar-refractivity contribution is -0.137. The van der Waals surface area contributed by atoms with Crippen molar-refractivity contribution in [1.82, 2.24) is 0 Å².